The minimum atomic E-state index is 0.0603. The van der Waals surface area contributed by atoms with Crippen molar-refractivity contribution in [2.45, 2.75) is 31.7 Å². The largest absolute Gasteiger partial charge is 0.341 e. The molecule has 0 aromatic heterocycles. The first kappa shape index (κ1) is 22.9. The van der Waals surface area contributed by atoms with Crippen molar-refractivity contribution in [2.24, 2.45) is 4.99 Å². The monoisotopic (exact) mass is 461 g/mol. The van der Waals surface area contributed by atoms with E-state index in [0.717, 1.165) is 42.9 Å². The summed E-state index contributed by atoms with van der Waals surface area (Å²) in [6, 6.07) is 13.3. The Hall–Kier alpha value is -1.75. The van der Waals surface area contributed by atoms with Crippen molar-refractivity contribution in [1.29, 1.82) is 0 Å². The second-order valence-electron chi connectivity index (χ2n) is 7.67. The fraction of sp³-hybridized carbons (Fsp3) is 0.391. The zero-order chi connectivity index (χ0) is 21.5. The molecule has 0 N–H and O–H groups in total. The number of carbonyl (C=O) groups excluding carboxylic acids is 1. The van der Waals surface area contributed by atoms with Crippen LogP contribution < -0.4 is 0 Å². The van der Waals surface area contributed by atoms with Gasteiger partial charge in [0.25, 0.3) is 0 Å². The number of rotatable bonds is 8. The number of nitrogens with zero attached hydrogens (tertiary/aromatic N) is 3. The number of hydrogen-bond donors (Lipinski definition) is 0. The van der Waals surface area contributed by atoms with Crippen LogP contribution in [-0.2, 0) is 17.6 Å². The molecular weight excluding hydrogens is 437 g/mol. The highest BCUT2D eigenvalue weighted by Crippen LogP contribution is 2.24. The summed E-state index contributed by atoms with van der Waals surface area (Å²) in [4.78, 5) is 21.5. The highest BCUT2D eigenvalue weighted by atomic mass is 35.5. The van der Waals surface area contributed by atoms with Gasteiger partial charge < -0.3 is 9.80 Å². The number of likely N-dealkylation sites (N-methyl/N-ethyl adjacent to an activating group) is 1. The second-order valence-corrected chi connectivity index (χ2v) is 8.67. The minimum Gasteiger partial charge on any atom is -0.341 e. The van der Waals surface area contributed by atoms with E-state index in [1.807, 2.05) is 36.2 Å². The van der Waals surface area contributed by atoms with Gasteiger partial charge in [-0.1, -0.05) is 41.4 Å². The molecular formula is C23H25Cl2N3OS. The van der Waals surface area contributed by atoms with Crippen LogP contribution in [-0.4, -0.2) is 53.6 Å². The number of amides is 1. The van der Waals surface area contributed by atoms with Crippen molar-refractivity contribution in [2.75, 3.05) is 26.7 Å². The topological polar surface area (TPSA) is 35.9 Å². The molecule has 0 bridgehead atoms. The summed E-state index contributed by atoms with van der Waals surface area (Å²) in [6.45, 7) is 3.02. The number of aliphatic imine (C=N–C) groups is 1. The quantitative estimate of drug-likeness (QED) is 0.388. The fourth-order valence-corrected chi connectivity index (χ4v) is 4.24. The van der Waals surface area contributed by atoms with Gasteiger partial charge in [0.2, 0.25) is 5.91 Å². The molecule has 0 spiro atoms. The van der Waals surface area contributed by atoms with Gasteiger partial charge in [-0.3, -0.25) is 4.79 Å². The highest BCUT2D eigenvalue weighted by molar-refractivity contribution is 7.78. The molecule has 3 rings (SSSR count). The Labute approximate surface area is 193 Å². The number of thiocarbonyl (C=S) groups is 1. The zero-order valence-electron chi connectivity index (χ0n) is 17.0. The Bertz CT molecular complexity index is 940. The van der Waals surface area contributed by atoms with Gasteiger partial charge in [-0.05, 0) is 80.0 Å². The van der Waals surface area contributed by atoms with Crippen LogP contribution in [0.15, 0.2) is 47.5 Å². The smallest absolute Gasteiger partial charge is 0.227 e. The molecule has 30 heavy (non-hydrogen) atoms. The lowest BCUT2D eigenvalue weighted by Gasteiger charge is -2.32. The average molecular weight is 462 g/mol. The molecule has 1 aliphatic heterocycles. The second kappa shape index (κ2) is 11.0. The summed E-state index contributed by atoms with van der Waals surface area (Å²) in [7, 11) is 1.89. The van der Waals surface area contributed by atoms with Gasteiger partial charge in [-0.15, -0.1) is 0 Å². The molecule has 7 heteroatoms. The number of hydrogen-bond acceptors (Lipinski definition) is 4. The van der Waals surface area contributed by atoms with E-state index in [-0.39, 0.29) is 11.9 Å². The molecule has 1 atom stereocenters. The maximum atomic E-state index is 13.1. The van der Waals surface area contributed by atoms with Crippen LogP contribution in [0.1, 0.15) is 24.0 Å². The third-order valence-electron chi connectivity index (χ3n) is 5.50. The Morgan fingerprint density at radius 2 is 1.93 bits per heavy atom. The number of isothiocyanates is 1. The molecule has 158 valence electrons. The Morgan fingerprint density at radius 3 is 2.63 bits per heavy atom. The van der Waals surface area contributed by atoms with Crippen molar-refractivity contribution >= 4 is 52.2 Å². The van der Waals surface area contributed by atoms with E-state index >= 15 is 0 Å². The lowest BCUT2D eigenvalue weighted by atomic mass is 10.0. The van der Waals surface area contributed by atoms with Crippen LogP contribution in [0.5, 0.6) is 0 Å². The molecule has 1 amide bonds. The molecule has 1 fully saturated rings. The van der Waals surface area contributed by atoms with Crippen LogP contribution in [0, 0.1) is 0 Å². The highest BCUT2D eigenvalue weighted by Gasteiger charge is 2.25. The Balaban J connectivity index is 1.75. The molecule has 4 nitrogen and oxygen atoms in total. The van der Waals surface area contributed by atoms with Crippen molar-refractivity contribution in [3.05, 3.63) is 63.6 Å². The summed E-state index contributed by atoms with van der Waals surface area (Å²) >= 11 is 16.8. The lowest BCUT2D eigenvalue weighted by Crippen LogP contribution is -2.46. The van der Waals surface area contributed by atoms with Gasteiger partial charge in [0.15, 0.2) is 0 Å². The standard InChI is InChI=1S/C23H25Cl2N3OS/c1-27(23(29)14-18-7-8-21(24)22(25)13-18)20(15-28-9-2-3-10-28)12-17-5-4-6-19(11-17)26-16-30/h4-8,11,13,20H,2-3,9-10,12,14-15H2,1H3/t20-/m0/s1. The van der Waals surface area contributed by atoms with Gasteiger partial charge in [-0.2, -0.15) is 4.99 Å². The van der Waals surface area contributed by atoms with Crippen LogP contribution in [0.2, 0.25) is 10.0 Å². The number of benzene rings is 2. The van der Waals surface area contributed by atoms with Crippen molar-refractivity contribution < 1.29 is 4.79 Å². The van der Waals surface area contributed by atoms with Gasteiger partial charge in [0.05, 0.1) is 27.3 Å². The Kier molecular flexibility index (Phi) is 8.43. The van der Waals surface area contributed by atoms with Crippen LogP contribution in [0.25, 0.3) is 0 Å². The summed E-state index contributed by atoms with van der Waals surface area (Å²) in [6.07, 6.45) is 3.47. The van der Waals surface area contributed by atoms with E-state index < -0.39 is 0 Å². The van der Waals surface area contributed by atoms with Crippen molar-refractivity contribution in [1.82, 2.24) is 9.80 Å². The first-order valence-corrected chi connectivity index (χ1v) is 11.2. The molecule has 1 heterocycles. The van der Waals surface area contributed by atoms with Crippen LogP contribution in [0.3, 0.4) is 0 Å². The molecule has 0 aliphatic carbocycles. The fourth-order valence-electron chi connectivity index (χ4n) is 3.82. The summed E-state index contributed by atoms with van der Waals surface area (Å²) in [5, 5.41) is 3.37. The molecule has 0 radical (unpaired) electrons. The van der Waals surface area contributed by atoms with Crippen LogP contribution in [0.4, 0.5) is 5.69 Å². The third-order valence-corrected chi connectivity index (χ3v) is 6.34. The van der Waals surface area contributed by atoms with Crippen LogP contribution >= 0.6 is 35.4 Å². The lowest BCUT2D eigenvalue weighted by molar-refractivity contribution is -0.131. The Morgan fingerprint density at radius 1 is 1.17 bits per heavy atom. The maximum absolute atomic E-state index is 13.1. The van der Waals surface area contributed by atoms with Gasteiger partial charge in [0.1, 0.15) is 0 Å². The third kappa shape index (κ3) is 6.37. The van der Waals surface area contributed by atoms with Crippen molar-refractivity contribution in [3.63, 3.8) is 0 Å². The molecule has 1 aliphatic rings. The first-order valence-electron chi connectivity index (χ1n) is 10.0. The number of carbonyl (C=O) groups is 1. The first-order chi connectivity index (χ1) is 14.5. The normalized spacial score (nSPS) is 14.9. The SMILES string of the molecule is CN(C(=O)Cc1ccc(Cl)c(Cl)c1)[C@@H](Cc1cccc(N=C=S)c1)CN1CCCC1. The van der Waals surface area contributed by atoms with Gasteiger partial charge >= 0.3 is 0 Å². The van der Waals surface area contributed by atoms with E-state index in [9.17, 15) is 4.79 Å². The molecule has 0 unspecified atom stereocenters. The van der Waals surface area contributed by atoms with Crippen molar-refractivity contribution in [3.8, 4) is 0 Å². The predicted octanol–water partition coefficient (Wildman–Crippen LogP) is 5.44. The molecule has 2 aromatic rings. The molecule has 0 saturated carbocycles. The number of likely N-dealkylation sites (tertiary alicyclic amines) is 1. The summed E-state index contributed by atoms with van der Waals surface area (Å²) in [5.41, 5.74) is 2.77. The van der Waals surface area contributed by atoms with E-state index in [0.29, 0.717) is 16.5 Å². The summed E-state index contributed by atoms with van der Waals surface area (Å²) < 4.78 is 0. The zero-order valence-corrected chi connectivity index (χ0v) is 19.3. The number of halogens is 2. The molecule has 2 aromatic carbocycles. The average Bonchev–Trinajstić information content (AvgIpc) is 3.23. The van der Waals surface area contributed by atoms with E-state index in [1.54, 1.807) is 12.1 Å². The maximum Gasteiger partial charge on any atom is 0.227 e. The van der Waals surface area contributed by atoms with E-state index in [2.05, 4.69) is 21.1 Å². The van der Waals surface area contributed by atoms with E-state index in [4.69, 9.17) is 35.4 Å². The van der Waals surface area contributed by atoms with Gasteiger partial charge in [-0.25, -0.2) is 0 Å². The van der Waals surface area contributed by atoms with E-state index in [1.165, 1.54) is 12.8 Å². The predicted molar refractivity (Wildman–Crippen MR) is 127 cm³/mol. The summed E-state index contributed by atoms with van der Waals surface area (Å²) in [5.74, 6) is 0.0608. The van der Waals surface area contributed by atoms with Gasteiger partial charge in [0, 0.05) is 19.6 Å². The molecule has 1 saturated heterocycles. The minimum absolute atomic E-state index is 0.0603.